The van der Waals surface area contributed by atoms with Gasteiger partial charge in [-0.2, -0.15) is 0 Å². The molecule has 16 nitrogen and oxygen atoms in total. The van der Waals surface area contributed by atoms with E-state index in [1.54, 1.807) is 57.6 Å². The first-order valence-electron chi connectivity index (χ1n) is 42.2. The molecular weight excluding hydrogens is 1760 g/mol. The summed E-state index contributed by atoms with van der Waals surface area (Å²) in [6, 6.07) is 57.6. The Balaban J connectivity index is 0.000000115. The lowest BCUT2D eigenvalue weighted by Gasteiger charge is -2.23. The molecule has 14 heterocycles. The molecule has 0 saturated carbocycles. The number of aromatic nitrogens is 7. The van der Waals surface area contributed by atoms with Crippen molar-refractivity contribution >= 4 is 183 Å². The van der Waals surface area contributed by atoms with Crippen molar-refractivity contribution in [3.05, 3.63) is 322 Å². The SMILES string of the molecule is COc1c(-c2cccnc2)ccc2c1CCC(=S)N2.COc1cc2c(cc1-c1cccnc1)CCC(=S)N2.Cc1c(-c2cccnc2)ccc2c1CCC(=S)N2.Cc1cc(-c2cccnc2)cc2c1NC(=S)CC2.Cc1cc2c(cc1-c1cccnc1)CCC(=S)N2.S=C1CCc2c(ccc(-c3cccnc3)c2Cl)N1.S=C1CCc2cc(-c3cccnc3)c(Cl)cc2N1. The number of rotatable bonds is 9. The van der Waals surface area contributed by atoms with E-state index in [0.29, 0.717) is 0 Å². The van der Waals surface area contributed by atoms with Gasteiger partial charge in [-0.3, -0.25) is 34.9 Å². The van der Waals surface area contributed by atoms with E-state index >= 15 is 0 Å². The van der Waals surface area contributed by atoms with E-state index in [1.165, 1.54) is 83.6 Å². The van der Waals surface area contributed by atoms with Gasteiger partial charge in [-0.15, -0.1) is 0 Å². The van der Waals surface area contributed by atoms with Crippen molar-refractivity contribution in [3.8, 4) is 89.4 Å². The van der Waals surface area contributed by atoms with Crippen LogP contribution in [-0.4, -0.2) is 84.0 Å². The van der Waals surface area contributed by atoms with Crippen LogP contribution in [0.25, 0.3) is 77.9 Å². The molecule has 25 heteroatoms. The van der Waals surface area contributed by atoms with Crippen molar-refractivity contribution in [2.45, 2.75) is 111 Å². The Morgan fingerprint density at radius 1 is 0.273 bits per heavy atom. The lowest BCUT2D eigenvalue weighted by Crippen LogP contribution is -2.18. The Morgan fingerprint density at radius 3 is 1.10 bits per heavy atom. The fourth-order valence-corrected chi connectivity index (χ4v) is 18.4. The number of hydrogen-bond donors (Lipinski definition) is 7. The van der Waals surface area contributed by atoms with E-state index in [4.69, 9.17) is 118 Å². The molecular formula is C103H92Cl2N14O2S7. The van der Waals surface area contributed by atoms with Crippen molar-refractivity contribution in [1.29, 1.82) is 0 Å². The number of nitrogens with zero attached hydrogens (tertiary/aromatic N) is 7. The molecule has 0 bridgehead atoms. The van der Waals surface area contributed by atoms with Gasteiger partial charge in [-0.1, -0.05) is 163 Å². The van der Waals surface area contributed by atoms with Gasteiger partial charge in [0.05, 0.1) is 59.2 Å². The second-order valence-electron chi connectivity index (χ2n) is 31.3. The van der Waals surface area contributed by atoms with Gasteiger partial charge in [-0.05, 0) is 242 Å². The Labute approximate surface area is 794 Å². The van der Waals surface area contributed by atoms with Gasteiger partial charge in [0.25, 0.3) is 0 Å². The molecule has 7 aliphatic heterocycles. The van der Waals surface area contributed by atoms with Crippen LogP contribution in [0.1, 0.15) is 101 Å². The molecule has 0 aliphatic carbocycles. The molecule has 7 aromatic heterocycles. The van der Waals surface area contributed by atoms with Crippen LogP contribution in [0.15, 0.2) is 257 Å². The van der Waals surface area contributed by atoms with Gasteiger partial charge in [0.15, 0.2) is 0 Å². The summed E-state index contributed by atoms with van der Waals surface area (Å²) in [5, 5.41) is 24.4. The maximum atomic E-state index is 6.50. The number of pyridine rings is 7. The largest absolute Gasteiger partial charge is 0.496 e. The smallest absolute Gasteiger partial charge is 0.132 e. The normalized spacial score (nSPS) is 13.9. The summed E-state index contributed by atoms with van der Waals surface area (Å²) in [7, 11) is 3.39. The predicted octanol–water partition coefficient (Wildman–Crippen LogP) is 26.3. The van der Waals surface area contributed by atoms with Crippen LogP contribution in [-0.2, 0) is 44.9 Å². The van der Waals surface area contributed by atoms with Crippen LogP contribution in [0.4, 0.5) is 39.8 Å². The number of halogens is 2. The van der Waals surface area contributed by atoms with Crippen molar-refractivity contribution in [1.82, 2.24) is 34.9 Å². The molecule has 7 N–H and O–H groups in total. The summed E-state index contributed by atoms with van der Waals surface area (Å²) in [5.41, 5.74) is 36.1. The van der Waals surface area contributed by atoms with Gasteiger partial charge in [0.1, 0.15) is 11.5 Å². The highest BCUT2D eigenvalue weighted by atomic mass is 35.5. The predicted molar refractivity (Wildman–Crippen MR) is 557 cm³/mol. The number of anilines is 7. The van der Waals surface area contributed by atoms with Gasteiger partial charge >= 0.3 is 0 Å². The van der Waals surface area contributed by atoms with Gasteiger partial charge in [0.2, 0.25) is 0 Å². The number of fused-ring (bicyclic) bond motifs is 7. The summed E-state index contributed by atoms with van der Waals surface area (Å²) in [6.07, 6.45) is 38.7. The molecule has 0 unspecified atom stereocenters. The third-order valence-corrected chi connectivity index (χ3v) is 25.7. The number of benzene rings is 7. The van der Waals surface area contributed by atoms with Crippen LogP contribution in [0, 0.1) is 20.8 Å². The monoisotopic (exact) mass is 1850 g/mol. The topological polar surface area (TPSA) is 193 Å². The van der Waals surface area contributed by atoms with E-state index in [2.05, 4.69) is 172 Å². The minimum absolute atomic E-state index is 0.721. The highest BCUT2D eigenvalue weighted by molar-refractivity contribution is 7.81. The molecule has 128 heavy (non-hydrogen) atoms. The number of thiocarbonyl (C=S) groups is 7. The Kier molecular flexibility index (Phi) is 30.6. The zero-order valence-corrected chi connectivity index (χ0v) is 78.4. The lowest BCUT2D eigenvalue weighted by atomic mass is 9.92. The first-order valence-corrected chi connectivity index (χ1v) is 45.8. The van der Waals surface area contributed by atoms with E-state index in [1.807, 2.05) is 134 Å². The van der Waals surface area contributed by atoms with Crippen molar-refractivity contribution in [2.75, 3.05) is 51.4 Å². The molecule has 0 radical (unpaired) electrons. The molecule has 7 aliphatic rings. The highest BCUT2D eigenvalue weighted by Crippen LogP contribution is 2.44. The molecule has 0 amide bonds. The number of aryl methyl sites for hydroxylation is 6. The maximum Gasteiger partial charge on any atom is 0.132 e. The fraction of sp³-hybridized carbons (Fsp3) is 0.184. The van der Waals surface area contributed by atoms with E-state index in [-0.39, 0.29) is 0 Å². The molecule has 0 fully saturated rings. The molecule has 642 valence electrons. The van der Waals surface area contributed by atoms with Gasteiger partial charge < -0.3 is 46.7 Å². The summed E-state index contributed by atoms with van der Waals surface area (Å²) >= 11 is 49.4. The first kappa shape index (κ1) is 90.8. The second-order valence-corrected chi connectivity index (χ2v) is 35.5. The average Bonchev–Trinajstić information content (AvgIpc) is 0.784. The average molecular weight is 1850 g/mol. The van der Waals surface area contributed by atoms with Crippen LogP contribution in [0.5, 0.6) is 11.5 Å². The van der Waals surface area contributed by atoms with Crippen LogP contribution >= 0.6 is 109 Å². The standard InChI is InChI=1S/2C15H14N2OS.3C15H14N2S.2C14H11ClN2S/c1-18-15-11(10-3-2-8-16-9-10)4-6-13-12(15)5-7-14(19)17-13;1-18-14-8-13-10(4-5-15(19)17-13)7-12(14)11-3-2-6-16-9-11;1-10-12(11-3-2-8-16-9-11)4-6-14-13(10)5-7-15(18)17-14;1-10-7-14-11(4-5-15(18)17-14)8-13(10)12-3-2-6-16-9-12;1-10-7-13(12-3-2-6-16-9-12)8-11-4-5-14(18)17-15(10)11;15-14-10(9-2-1-7-16-8-9)3-5-12-11(14)4-6-13(18)17-12;15-12-7-13-9(3-4-14(18)17-13)6-11(12)10-2-1-5-16-8-10/h2-4,6,8-9H,5,7H2,1H3,(H,17,19);2-3,6-9H,4-5H2,1H3,(H,17,19);2-4,6,8-9H,5,7H2,1H3,(H,17,18);2*2-3,6-9H,4-5H2,1H3,(H,17,18);1-3,5,7-8H,4,6H2,(H,17,18);1-2,5-8H,3-4H2,(H,17,18). The lowest BCUT2D eigenvalue weighted by molar-refractivity contribution is 0.411. The Bertz CT molecular complexity index is 6130. The van der Waals surface area contributed by atoms with Crippen LogP contribution < -0.4 is 46.7 Å². The first-order chi connectivity index (χ1) is 62.3. The number of methoxy groups -OCH3 is 2. The summed E-state index contributed by atoms with van der Waals surface area (Å²) < 4.78 is 11.1. The van der Waals surface area contributed by atoms with E-state index < -0.39 is 0 Å². The number of hydrogen-bond acceptors (Lipinski definition) is 16. The maximum absolute atomic E-state index is 6.50. The highest BCUT2D eigenvalue weighted by Gasteiger charge is 2.25. The van der Waals surface area contributed by atoms with Crippen molar-refractivity contribution < 1.29 is 9.47 Å². The molecule has 14 aromatic rings. The number of nitrogens with one attached hydrogen (secondary N) is 7. The second kappa shape index (κ2) is 43.2. The molecule has 7 aromatic carbocycles. The molecule has 0 atom stereocenters. The fourth-order valence-electron chi connectivity index (χ4n) is 16.3. The van der Waals surface area contributed by atoms with Crippen molar-refractivity contribution in [2.24, 2.45) is 0 Å². The zero-order valence-electron chi connectivity index (χ0n) is 71.2. The molecule has 21 rings (SSSR count). The van der Waals surface area contributed by atoms with Crippen molar-refractivity contribution in [3.63, 3.8) is 0 Å². The minimum Gasteiger partial charge on any atom is -0.496 e. The van der Waals surface area contributed by atoms with E-state index in [9.17, 15) is 0 Å². The van der Waals surface area contributed by atoms with Crippen LogP contribution in [0.3, 0.4) is 0 Å². The quantitative estimate of drug-likeness (QED) is 0.0674. The third kappa shape index (κ3) is 22.6. The van der Waals surface area contributed by atoms with Gasteiger partial charge in [-0.25, -0.2) is 0 Å². The number of ether oxygens (including phenoxy) is 2. The third-order valence-electron chi connectivity index (χ3n) is 22.8. The summed E-state index contributed by atoms with van der Waals surface area (Å²) in [6.45, 7) is 6.43. The molecule has 0 saturated heterocycles. The molecule has 0 spiro atoms. The Morgan fingerprint density at radius 2 is 0.625 bits per heavy atom. The Hall–Kier alpha value is -12.0. The minimum atomic E-state index is 0.721. The van der Waals surface area contributed by atoms with Gasteiger partial charge in [0, 0.05) is 244 Å². The summed E-state index contributed by atoms with van der Waals surface area (Å²) in [5.74, 6) is 1.75. The zero-order chi connectivity index (χ0) is 89.2. The summed E-state index contributed by atoms with van der Waals surface area (Å²) in [4.78, 5) is 35.5. The van der Waals surface area contributed by atoms with E-state index in [0.717, 1.165) is 236 Å². The van der Waals surface area contributed by atoms with Crippen LogP contribution in [0.2, 0.25) is 10.0 Å².